The van der Waals surface area contributed by atoms with Gasteiger partial charge in [-0.3, -0.25) is 4.98 Å². The number of hydrogen-bond acceptors (Lipinski definition) is 5. The third-order valence-corrected chi connectivity index (χ3v) is 3.22. The zero-order chi connectivity index (χ0) is 17.9. The molecule has 128 valence electrons. The molecule has 0 N–H and O–H groups in total. The van der Waals surface area contributed by atoms with E-state index in [2.05, 4.69) is 15.0 Å². The lowest BCUT2D eigenvalue weighted by molar-refractivity contribution is -0.140. The van der Waals surface area contributed by atoms with E-state index in [0.29, 0.717) is 5.56 Å². The van der Waals surface area contributed by atoms with Crippen LogP contribution in [0.25, 0.3) is 11.4 Å². The Morgan fingerprint density at radius 3 is 2.12 bits per heavy atom. The first-order valence-corrected chi connectivity index (χ1v) is 7.15. The molecular weight excluding hydrogens is 335 g/mol. The third kappa shape index (κ3) is 3.68. The lowest BCUT2D eigenvalue weighted by Gasteiger charge is -2.16. The predicted molar refractivity (Wildman–Crippen MR) is 83.3 cm³/mol. The number of halogens is 3. The van der Waals surface area contributed by atoms with Gasteiger partial charge < -0.3 is 9.47 Å². The molecule has 0 spiro atoms. The largest absolute Gasteiger partial charge is 0.480 e. The molecule has 0 aliphatic heterocycles. The summed E-state index contributed by atoms with van der Waals surface area (Å²) >= 11 is 0. The fraction of sp³-hybridized carbons (Fsp3) is 0.118. The highest BCUT2D eigenvalue weighted by molar-refractivity contribution is 5.57. The van der Waals surface area contributed by atoms with Crippen LogP contribution in [-0.4, -0.2) is 22.1 Å². The Morgan fingerprint density at radius 2 is 1.52 bits per heavy atom. The maximum atomic E-state index is 13.5. The van der Waals surface area contributed by atoms with Crippen LogP contribution in [-0.2, 0) is 6.18 Å². The first kappa shape index (κ1) is 16.7. The van der Waals surface area contributed by atoms with Crippen LogP contribution in [0.5, 0.6) is 17.5 Å². The molecule has 2 aromatic heterocycles. The number of nitrogens with zero attached hydrogens (tertiary/aromatic N) is 3. The van der Waals surface area contributed by atoms with Crippen LogP contribution in [0, 0.1) is 0 Å². The highest BCUT2D eigenvalue weighted by atomic mass is 19.4. The average molecular weight is 347 g/mol. The van der Waals surface area contributed by atoms with E-state index in [1.165, 1.54) is 24.5 Å². The molecule has 0 fully saturated rings. The highest BCUT2D eigenvalue weighted by Gasteiger charge is 2.41. The minimum Gasteiger partial charge on any atom is -0.480 e. The van der Waals surface area contributed by atoms with Crippen molar-refractivity contribution in [3.8, 4) is 28.9 Å². The van der Waals surface area contributed by atoms with Gasteiger partial charge in [-0.15, -0.1) is 0 Å². The fourth-order valence-corrected chi connectivity index (χ4v) is 2.11. The van der Waals surface area contributed by atoms with Crippen LogP contribution in [0.2, 0.25) is 0 Å². The Bertz CT molecular complexity index is 856. The summed E-state index contributed by atoms with van der Waals surface area (Å²) in [6, 6.07) is 11.2. The van der Waals surface area contributed by atoms with Crippen LogP contribution in [0.1, 0.15) is 5.56 Å². The van der Waals surface area contributed by atoms with Gasteiger partial charge in [-0.2, -0.15) is 23.1 Å². The normalized spacial score (nSPS) is 11.2. The first-order valence-electron chi connectivity index (χ1n) is 7.15. The van der Waals surface area contributed by atoms with Gasteiger partial charge in [-0.1, -0.05) is 18.2 Å². The molecule has 0 unspecified atom stereocenters. The first-order chi connectivity index (χ1) is 12.0. The van der Waals surface area contributed by atoms with Gasteiger partial charge in [0.15, 0.2) is 11.4 Å². The van der Waals surface area contributed by atoms with E-state index in [9.17, 15) is 13.2 Å². The van der Waals surface area contributed by atoms with Crippen molar-refractivity contribution in [1.82, 2.24) is 15.0 Å². The van der Waals surface area contributed by atoms with Crippen molar-refractivity contribution in [3.05, 3.63) is 60.4 Å². The summed E-state index contributed by atoms with van der Waals surface area (Å²) in [5, 5.41) is 0. The van der Waals surface area contributed by atoms with Crippen LogP contribution in [0.4, 0.5) is 13.2 Å². The lowest BCUT2D eigenvalue weighted by atomic mass is 10.2. The van der Waals surface area contributed by atoms with Gasteiger partial charge in [0.2, 0.25) is 11.8 Å². The van der Waals surface area contributed by atoms with Gasteiger partial charge in [-0.05, 0) is 24.3 Å². The molecule has 3 rings (SSSR count). The summed E-state index contributed by atoms with van der Waals surface area (Å²) in [7, 11) is 1.11. The minimum atomic E-state index is -4.74. The number of ether oxygens (including phenoxy) is 2. The quantitative estimate of drug-likeness (QED) is 0.702. The minimum absolute atomic E-state index is 0.0400. The summed E-state index contributed by atoms with van der Waals surface area (Å²) in [5.41, 5.74) is -0.684. The Hall–Kier alpha value is -3.16. The number of aromatic nitrogens is 3. The van der Waals surface area contributed by atoms with Gasteiger partial charge in [0, 0.05) is 18.0 Å². The number of hydrogen-bond donors (Lipinski definition) is 0. The van der Waals surface area contributed by atoms with E-state index >= 15 is 0 Å². The zero-order valence-corrected chi connectivity index (χ0v) is 13.0. The van der Waals surface area contributed by atoms with Crippen molar-refractivity contribution >= 4 is 0 Å². The molecule has 0 aliphatic rings. The van der Waals surface area contributed by atoms with Crippen molar-refractivity contribution < 1.29 is 22.6 Å². The van der Waals surface area contributed by atoms with Crippen molar-refractivity contribution in [2.75, 3.05) is 7.11 Å². The van der Waals surface area contributed by atoms with Crippen LogP contribution in [0.15, 0.2) is 54.9 Å². The molecule has 0 amide bonds. The molecule has 0 saturated carbocycles. The summed E-state index contributed by atoms with van der Waals surface area (Å²) < 4.78 is 50.7. The van der Waals surface area contributed by atoms with Gasteiger partial charge in [0.25, 0.3) is 0 Å². The molecule has 25 heavy (non-hydrogen) atoms. The molecule has 0 atom stereocenters. The highest BCUT2D eigenvalue weighted by Crippen LogP contribution is 2.42. The van der Waals surface area contributed by atoms with E-state index in [0.717, 1.165) is 7.11 Å². The Morgan fingerprint density at radius 1 is 0.880 bits per heavy atom. The number of rotatable bonds is 4. The average Bonchev–Trinajstić information content (AvgIpc) is 2.61. The Labute approximate surface area is 141 Å². The summed E-state index contributed by atoms with van der Waals surface area (Å²) in [6.45, 7) is 0. The van der Waals surface area contributed by atoms with Crippen LogP contribution >= 0.6 is 0 Å². The Balaban J connectivity index is 2.18. The molecule has 0 radical (unpaired) electrons. The second kappa shape index (κ2) is 6.76. The predicted octanol–water partition coefficient (Wildman–Crippen LogP) is 4.36. The molecule has 3 aromatic rings. The summed E-state index contributed by atoms with van der Waals surface area (Å²) in [5.74, 6) is -0.981. The monoisotopic (exact) mass is 347 g/mol. The number of alkyl halides is 3. The molecule has 8 heteroatoms. The topological polar surface area (TPSA) is 57.1 Å². The van der Waals surface area contributed by atoms with Crippen molar-refractivity contribution in [2.24, 2.45) is 0 Å². The van der Waals surface area contributed by atoms with Crippen molar-refractivity contribution in [2.45, 2.75) is 6.18 Å². The standard InChI is InChI=1S/C17H12F3N3O2/c1-24-15-13(17(18,19)20)16(25-12-5-3-2-4-6-12)23-14(22-15)11-7-9-21-10-8-11/h2-10H,1H3. The van der Waals surface area contributed by atoms with Gasteiger partial charge >= 0.3 is 6.18 Å². The molecule has 0 saturated heterocycles. The van der Waals surface area contributed by atoms with Gasteiger partial charge in [-0.25, -0.2) is 0 Å². The van der Waals surface area contributed by atoms with Gasteiger partial charge in [0.05, 0.1) is 7.11 Å². The number of methoxy groups -OCH3 is 1. The maximum Gasteiger partial charge on any atom is 0.426 e. The molecule has 0 bridgehead atoms. The number of benzene rings is 1. The molecule has 2 heterocycles. The maximum absolute atomic E-state index is 13.5. The second-order valence-electron chi connectivity index (χ2n) is 4.89. The summed E-state index contributed by atoms with van der Waals surface area (Å²) in [4.78, 5) is 11.7. The number of pyridine rings is 1. The second-order valence-corrected chi connectivity index (χ2v) is 4.89. The molecule has 5 nitrogen and oxygen atoms in total. The smallest absolute Gasteiger partial charge is 0.426 e. The molecule has 1 aromatic carbocycles. The number of para-hydroxylation sites is 1. The van der Waals surface area contributed by atoms with E-state index < -0.39 is 23.5 Å². The zero-order valence-electron chi connectivity index (χ0n) is 13.0. The Kier molecular flexibility index (Phi) is 4.51. The van der Waals surface area contributed by atoms with E-state index in [1.54, 1.807) is 30.3 Å². The molecular formula is C17H12F3N3O2. The van der Waals surface area contributed by atoms with Crippen molar-refractivity contribution in [3.63, 3.8) is 0 Å². The SMILES string of the molecule is COc1nc(-c2ccncc2)nc(Oc2ccccc2)c1C(F)(F)F. The van der Waals surface area contributed by atoms with E-state index in [1.807, 2.05) is 0 Å². The van der Waals surface area contributed by atoms with E-state index in [-0.39, 0.29) is 11.6 Å². The molecule has 0 aliphatic carbocycles. The lowest BCUT2D eigenvalue weighted by Crippen LogP contribution is -2.13. The van der Waals surface area contributed by atoms with Gasteiger partial charge in [0.1, 0.15) is 5.75 Å². The van der Waals surface area contributed by atoms with Crippen LogP contribution < -0.4 is 9.47 Å². The van der Waals surface area contributed by atoms with Crippen molar-refractivity contribution in [1.29, 1.82) is 0 Å². The third-order valence-electron chi connectivity index (χ3n) is 3.22. The fourth-order valence-electron chi connectivity index (χ4n) is 2.11. The summed E-state index contributed by atoms with van der Waals surface area (Å²) in [6.07, 6.45) is -1.77. The van der Waals surface area contributed by atoms with Crippen LogP contribution in [0.3, 0.4) is 0 Å². The van der Waals surface area contributed by atoms with E-state index in [4.69, 9.17) is 9.47 Å².